The molecule has 2 atom stereocenters. The Labute approximate surface area is 162 Å². The molecule has 0 saturated carbocycles. The molecule has 0 bridgehead atoms. The van der Waals surface area contributed by atoms with Crippen LogP contribution in [0.3, 0.4) is 0 Å². The molecule has 5 heteroatoms. The van der Waals surface area contributed by atoms with Crippen molar-refractivity contribution < 1.29 is 9.47 Å². The van der Waals surface area contributed by atoms with Crippen LogP contribution in [0.25, 0.3) is 0 Å². The molecule has 4 rings (SSSR count). The van der Waals surface area contributed by atoms with Crippen LogP contribution in [-0.2, 0) is 0 Å². The average Bonchev–Trinajstić information content (AvgIpc) is 3.08. The Morgan fingerprint density at radius 1 is 1.23 bits per heavy atom. The fraction of sp³-hybridized carbons (Fsp3) is 0.381. The molecule has 136 valence electrons. The molecule has 0 unspecified atom stereocenters. The van der Waals surface area contributed by atoms with E-state index < -0.39 is 0 Å². The number of benzene rings is 2. The molecule has 0 aromatic heterocycles. The maximum absolute atomic E-state index is 6.31. The Morgan fingerprint density at radius 2 is 2.00 bits per heavy atom. The van der Waals surface area contributed by atoms with Gasteiger partial charge >= 0.3 is 0 Å². The SMILES string of the molecule is COc1ccc(C2=NN3[C@H](C2)c2cc(Br)ccc2O[C@@H]3CC(C)C)cc1. The van der Waals surface area contributed by atoms with E-state index in [4.69, 9.17) is 14.6 Å². The Hall–Kier alpha value is -2.01. The zero-order valence-electron chi connectivity index (χ0n) is 15.3. The molecule has 26 heavy (non-hydrogen) atoms. The number of methoxy groups -OCH3 is 1. The summed E-state index contributed by atoms with van der Waals surface area (Å²) in [6, 6.07) is 14.6. The average molecular weight is 415 g/mol. The van der Waals surface area contributed by atoms with Crippen molar-refractivity contribution in [2.75, 3.05) is 7.11 Å². The Morgan fingerprint density at radius 3 is 2.69 bits per heavy atom. The van der Waals surface area contributed by atoms with E-state index >= 15 is 0 Å². The first-order chi connectivity index (χ1) is 12.5. The number of halogens is 1. The van der Waals surface area contributed by atoms with E-state index in [0.29, 0.717) is 5.92 Å². The molecular formula is C21H23BrN2O2. The monoisotopic (exact) mass is 414 g/mol. The van der Waals surface area contributed by atoms with Crippen molar-refractivity contribution in [3.63, 3.8) is 0 Å². The number of rotatable bonds is 4. The van der Waals surface area contributed by atoms with Gasteiger partial charge in [-0.3, -0.25) is 5.01 Å². The molecule has 0 aliphatic carbocycles. The molecule has 0 amide bonds. The first-order valence-corrected chi connectivity index (χ1v) is 9.81. The summed E-state index contributed by atoms with van der Waals surface area (Å²) >= 11 is 3.59. The van der Waals surface area contributed by atoms with Crippen LogP contribution in [0.4, 0.5) is 0 Å². The fourth-order valence-electron chi connectivity index (χ4n) is 3.65. The molecule has 0 fully saturated rings. The highest BCUT2D eigenvalue weighted by atomic mass is 79.9. The highest BCUT2D eigenvalue weighted by molar-refractivity contribution is 9.10. The number of hydrogen-bond donors (Lipinski definition) is 0. The standard InChI is InChI=1S/C21H23BrN2O2/c1-13(2)10-21-24-19(17-11-15(22)6-9-20(17)26-21)12-18(23-24)14-4-7-16(25-3)8-5-14/h4-9,11,13,19,21H,10,12H2,1-3H3/t19-,21-/m1/s1. The lowest BCUT2D eigenvalue weighted by Crippen LogP contribution is -2.41. The lowest BCUT2D eigenvalue weighted by molar-refractivity contribution is -0.0291. The molecule has 0 spiro atoms. The highest BCUT2D eigenvalue weighted by Crippen LogP contribution is 2.45. The van der Waals surface area contributed by atoms with Crippen molar-refractivity contribution in [1.82, 2.24) is 5.01 Å². The molecule has 2 aliphatic heterocycles. The lowest BCUT2D eigenvalue weighted by atomic mass is 9.95. The van der Waals surface area contributed by atoms with Gasteiger partial charge in [0.25, 0.3) is 0 Å². The van der Waals surface area contributed by atoms with Gasteiger partial charge in [0, 0.05) is 22.9 Å². The van der Waals surface area contributed by atoms with Gasteiger partial charge in [-0.1, -0.05) is 29.8 Å². The van der Waals surface area contributed by atoms with E-state index in [-0.39, 0.29) is 12.3 Å². The zero-order valence-corrected chi connectivity index (χ0v) is 16.9. The quantitative estimate of drug-likeness (QED) is 0.673. The Kier molecular flexibility index (Phi) is 4.65. The summed E-state index contributed by atoms with van der Waals surface area (Å²) in [4.78, 5) is 0. The van der Waals surface area contributed by atoms with Gasteiger partial charge in [-0.2, -0.15) is 5.10 Å². The molecular weight excluding hydrogens is 392 g/mol. The Balaban J connectivity index is 1.70. The molecule has 4 nitrogen and oxygen atoms in total. The van der Waals surface area contributed by atoms with E-state index in [9.17, 15) is 0 Å². The molecule has 0 saturated heterocycles. The third-order valence-corrected chi connectivity index (χ3v) is 5.42. The first kappa shape index (κ1) is 17.4. The van der Waals surface area contributed by atoms with Crippen molar-refractivity contribution in [3.8, 4) is 11.5 Å². The minimum atomic E-state index is -0.0237. The van der Waals surface area contributed by atoms with Gasteiger partial charge < -0.3 is 9.47 Å². The van der Waals surface area contributed by atoms with E-state index in [1.807, 2.05) is 18.2 Å². The van der Waals surface area contributed by atoms with E-state index in [0.717, 1.165) is 40.1 Å². The number of hydrogen-bond acceptors (Lipinski definition) is 4. The summed E-state index contributed by atoms with van der Waals surface area (Å²) in [5.74, 6) is 2.38. The molecule has 0 radical (unpaired) electrons. The molecule has 2 aliphatic rings. The van der Waals surface area contributed by atoms with Gasteiger partial charge in [-0.25, -0.2) is 0 Å². The number of ether oxygens (including phenoxy) is 2. The molecule has 2 aromatic rings. The zero-order chi connectivity index (χ0) is 18.3. The third kappa shape index (κ3) is 3.20. The minimum Gasteiger partial charge on any atom is -0.497 e. The summed E-state index contributed by atoms with van der Waals surface area (Å²) in [7, 11) is 1.69. The largest absolute Gasteiger partial charge is 0.497 e. The van der Waals surface area contributed by atoms with E-state index in [1.54, 1.807) is 7.11 Å². The van der Waals surface area contributed by atoms with Crippen LogP contribution in [0.2, 0.25) is 0 Å². The summed E-state index contributed by atoms with van der Waals surface area (Å²) in [5.41, 5.74) is 3.44. The third-order valence-electron chi connectivity index (χ3n) is 4.93. The van der Waals surface area contributed by atoms with Crippen LogP contribution in [0.5, 0.6) is 11.5 Å². The van der Waals surface area contributed by atoms with Gasteiger partial charge in [0.2, 0.25) is 0 Å². The number of nitrogens with zero attached hydrogens (tertiary/aromatic N) is 2. The van der Waals surface area contributed by atoms with Gasteiger partial charge in [0.1, 0.15) is 11.5 Å². The number of hydrazone groups is 1. The van der Waals surface area contributed by atoms with Crippen molar-refractivity contribution >= 4 is 21.6 Å². The first-order valence-electron chi connectivity index (χ1n) is 9.01. The second-order valence-electron chi connectivity index (χ2n) is 7.26. The normalized spacial score (nSPS) is 21.1. The summed E-state index contributed by atoms with van der Waals surface area (Å²) in [6.45, 7) is 4.44. The topological polar surface area (TPSA) is 34.1 Å². The molecule has 2 heterocycles. The van der Waals surface area contributed by atoms with Crippen LogP contribution in [0, 0.1) is 5.92 Å². The van der Waals surface area contributed by atoms with Crippen LogP contribution in [0.15, 0.2) is 52.0 Å². The van der Waals surface area contributed by atoms with Crippen LogP contribution in [0.1, 0.15) is 43.9 Å². The molecule has 0 N–H and O–H groups in total. The summed E-state index contributed by atoms with van der Waals surface area (Å²) in [5, 5.41) is 7.13. The van der Waals surface area contributed by atoms with E-state index in [1.165, 1.54) is 5.56 Å². The second-order valence-corrected chi connectivity index (χ2v) is 8.18. The predicted molar refractivity (Wildman–Crippen MR) is 107 cm³/mol. The van der Waals surface area contributed by atoms with Gasteiger partial charge in [-0.15, -0.1) is 0 Å². The van der Waals surface area contributed by atoms with Crippen molar-refractivity contribution in [2.24, 2.45) is 11.0 Å². The minimum absolute atomic E-state index is 0.0237. The Bertz CT molecular complexity index is 832. The number of fused-ring (bicyclic) bond motifs is 3. The van der Waals surface area contributed by atoms with Crippen molar-refractivity contribution in [2.45, 2.75) is 39.0 Å². The van der Waals surface area contributed by atoms with Crippen LogP contribution >= 0.6 is 15.9 Å². The van der Waals surface area contributed by atoms with Gasteiger partial charge in [0.15, 0.2) is 6.23 Å². The second kappa shape index (κ2) is 6.95. The predicted octanol–water partition coefficient (Wildman–Crippen LogP) is 5.37. The van der Waals surface area contributed by atoms with Gasteiger partial charge in [0.05, 0.1) is 18.9 Å². The summed E-state index contributed by atoms with van der Waals surface area (Å²) in [6.07, 6.45) is 1.81. The maximum atomic E-state index is 6.31. The van der Waals surface area contributed by atoms with Crippen molar-refractivity contribution in [1.29, 1.82) is 0 Å². The smallest absolute Gasteiger partial charge is 0.188 e. The fourth-order valence-corrected chi connectivity index (χ4v) is 4.03. The maximum Gasteiger partial charge on any atom is 0.188 e. The van der Waals surface area contributed by atoms with Crippen molar-refractivity contribution in [3.05, 3.63) is 58.1 Å². The van der Waals surface area contributed by atoms with E-state index in [2.05, 4.69) is 59.1 Å². The van der Waals surface area contributed by atoms with Crippen LogP contribution in [-0.4, -0.2) is 24.1 Å². The van der Waals surface area contributed by atoms with Crippen LogP contribution < -0.4 is 9.47 Å². The molecule has 2 aromatic carbocycles. The van der Waals surface area contributed by atoms with Gasteiger partial charge in [-0.05, 0) is 53.9 Å². The lowest BCUT2D eigenvalue weighted by Gasteiger charge is -2.38. The summed E-state index contributed by atoms with van der Waals surface area (Å²) < 4.78 is 12.7. The highest BCUT2D eigenvalue weighted by Gasteiger charge is 2.40.